The zero-order chi connectivity index (χ0) is 8.15. The minimum Gasteiger partial charge on any atom is -0.400 e. The van der Waals surface area contributed by atoms with Gasteiger partial charge in [0, 0.05) is 41.1 Å². The van der Waals surface area contributed by atoms with Gasteiger partial charge in [-0.05, 0) is 0 Å². The first-order valence-corrected chi connectivity index (χ1v) is 3.53. The van der Waals surface area contributed by atoms with Crippen LogP contribution in [0.5, 0.6) is 0 Å². The molecule has 0 aliphatic heterocycles. The maximum Gasteiger partial charge on any atom is 0.214 e. The smallest absolute Gasteiger partial charge is 0.214 e. The van der Waals surface area contributed by atoms with E-state index < -0.39 is 0 Å². The Morgan fingerprint density at radius 2 is 2.18 bits per heavy atom. The summed E-state index contributed by atoms with van der Waals surface area (Å²) in [7, 11) is 0. The Balaban J connectivity index is -0.000000405. The molecule has 0 heterocycles. The Labute approximate surface area is 96.1 Å². The van der Waals surface area contributed by atoms with Crippen LogP contribution in [0.1, 0.15) is 21.7 Å². The topological polar surface area (TPSA) is 20.3 Å². The largest absolute Gasteiger partial charge is 0.400 e. The van der Waals surface area contributed by atoms with E-state index in [1.807, 2.05) is 6.92 Å². The van der Waals surface area contributed by atoms with Gasteiger partial charge >= 0.3 is 0 Å². The molecule has 0 aromatic rings. The van der Waals surface area contributed by atoms with Crippen LogP contribution >= 0.6 is 0 Å². The maximum absolute atomic E-state index is 10.8. The van der Waals surface area contributed by atoms with Crippen molar-refractivity contribution in [3.63, 3.8) is 0 Å². The van der Waals surface area contributed by atoms with E-state index >= 15 is 0 Å². The summed E-state index contributed by atoms with van der Waals surface area (Å²) in [5, 5.41) is 0. The molecule has 0 bridgehead atoms. The Kier molecular flexibility index (Phi) is 9.29. The van der Waals surface area contributed by atoms with Crippen LogP contribution in [0, 0.1) is 13.8 Å². The summed E-state index contributed by atoms with van der Waals surface area (Å²) in [4.78, 5) is 12.5. The number of hydrogen-bond acceptors (Lipinski definition) is 1. The van der Waals surface area contributed by atoms with Crippen LogP contribution in [0.4, 0.5) is 0 Å². The van der Waals surface area contributed by atoms with E-state index in [-0.39, 0.29) is 46.1 Å². The van der Waals surface area contributed by atoms with Crippen molar-refractivity contribution < 1.29 is 38.9 Å². The van der Waals surface area contributed by atoms with E-state index in [1.54, 1.807) is 11.8 Å². The van der Waals surface area contributed by atoms with Crippen molar-refractivity contribution in [2.45, 2.75) is 26.3 Å². The van der Waals surface area contributed by atoms with Crippen LogP contribution in [0.25, 0.3) is 0 Å². The molecule has 1 atom stereocenters. The second-order valence-electron chi connectivity index (χ2n) is 2.27. The second-order valence-corrected chi connectivity index (χ2v) is 2.27. The van der Waals surface area contributed by atoms with Crippen LogP contribution in [-0.2, 0) is 37.5 Å². The van der Waals surface area contributed by atoms with Crippen LogP contribution in [0.3, 0.4) is 0 Å². The molecule has 1 amide bonds. The molecular weight excluding hydrogens is 215 g/mol. The average Bonchev–Trinajstić information content (AvgIpc) is 1.88. The Morgan fingerprint density at radius 3 is 2.27 bits per heavy atom. The number of rotatable bonds is 3. The van der Waals surface area contributed by atoms with Gasteiger partial charge in [0.15, 0.2) is 0 Å². The van der Waals surface area contributed by atoms with Gasteiger partial charge in [-0.1, -0.05) is 19.4 Å². The van der Waals surface area contributed by atoms with Gasteiger partial charge in [0.1, 0.15) is 0 Å². The fraction of sp³-hybridized carbons (Fsp3) is 0.625. The van der Waals surface area contributed by atoms with Gasteiger partial charge in [-0.3, -0.25) is 4.79 Å². The molecule has 0 spiro atoms. The van der Waals surface area contributed by atoms with Crippen molar-refractivity contribution in [3.05, 3.63) is 13.8 Å². The average molecular weight is 232 g/mol. The first kappa shape index (κ1) is 14.1. The third-order valence-corrected chi connectivity index (χ3v) is 1.56. The van der Waals surface area contributed by atoms with Gasteiger partial charge in [0.05, 0.1) is 0 Å². The molecule has 0 aromatic heterocycles. The van der Waals surface area contributed by atoms with E-state index in [2.05, 4.69) is 13.8 Å². The molecule has 0 rings (SSSR count). The molecule has 3 heteroatoms. The van der Waals surface area contributed by atoms with Crippen molar-refractivity contribution in [2.24, 2.45) is 0 Å². The fourth-order valence-electron chi connectivity index (χ4n) is 0.818. The first-order chi connectivity index (χ1) is 4.63. The first-order valence-electron chi connectivity index (χ1n) is 3.53. The monoisotopic (exact) mass is 232 g/mol. The molecule has 0 aromatic carbocycles. The Hall–Kier alpha value is 0.574. The molecule has 0 aliphatic carbocycles. The minimum atomic E-state index is 0. The summed E-state index contributed by atoms with van der Waals surface area (Å²) in [5.74, 6) is 0.0526. The van der Waals surface area contributed by atoms with E-state index in [9.17, 15) is 4.79 Å². The zero-order valence-corrected chi connectivity index (χ0v) is 10.2. The van der Waals surface area contributed by atoms with Crippen molar-refractivity contribution in [2.75, 3.05) is 6.54 Å². The molecule has 0 saturated heterocycles. The van der Waals surface area contributed by atoms with Gasteiger partial charge in [0.2, 0.25) is 5.91 Å². The summed E-state index contributed by atoms with van der Waals surface area (Å²) in [6.45, 7) is 11.5. The number of hydrogen-bond donors (Lipinski definition) is 0. The van der Waals surface area contributed by atoms with Crippen molar-refractivity contribution >= 4 is 5.91 Å². The molecule has 0 fully saturated rings. The van der Waals surface area contributed by atoms with E-state index in [4.69, 9.17) is 0 Å². The molecule has 0 saturated carbocycles. The summed E-state index contributed by atoms with van der Waals surface area (Å²) in [5.41, 5.74) is 0. The van der Waals surface area contributed by atoms with Gasteiger partial charge in [0.25, 0.3) is 0 Å². The van der Waals surface area contributed by atoms with Crippen LogP contribution in [0.15, 0.2) is 0 Å². The fourth-order valence-corrected chi connectivity index (χ4v) is 0.818. The van der Waals surface area contributed by atoms with Crippen molar-refractivity contribution in [1.82, 2.24) is 4.90 Å². The molecular formula is C8H17NOY-2. The second kappa shape index (κ2) is 7.24. The standard InChI is InChI=1S/C8H15NO.Y.H2/c1-5-7(3)9(6-2)8(4)10;;/h7H,2-3,5-6H2,1,4H3;;1H/q-2;;. The third kappa shape index (κ3) is 4.92. The van der Waals surface area contributed by atoms with Gasteiger partial charge in [-0.15, -0.1) is 6.54 Å². The van der Waals surface area contributed by atoms with Crippen LogP contribution < -0.4 is 0 Å². The Morgan fingerprint density at radius 1 is 1.73 bits per heavy atom. The maximum atomic E-state index is 10.8. The van der Waals surface area contributed by atoms with Crippen LogP contribution in [0.2, 0.25) is 0 Å². The number of nitrogens with zero attached hydrogens (tertiary/aromatic N) is 1. The Bertz CT molecular complexity index is 122. The molecule has 65 valence electrons. The third-order valence-electron chi connectivity index (χ3n) is 1.56. The van der Waals surface area contributed by atoms with Gasteiger partial charge in [-0.25, -0.2) is 0 Å². The predicted octanol–water partition coefficient (Wildman–Crippen LogP) is 1.53. The summed E-state index contributed by atoms with van der Waals surface area (Å²) in [6.07, 6.45) is 0.884. The molecule has 11 heavy (non-hydrogen) atoms. The minimum absolute atomic E-state index is 0. The molecule has 0 N–H and O–H groups in total. The number of amides is 1. The molecule has 2 nitrogen and oxygen atoms in total. The summed E-state index contributed by atoms with van der Waals surface area (Å²) < 4.78 is 0. The summed E-state index contributed by atoms with van der Waals surface area (Å²) >= 11 is 0. The van der Waals surface area contributed by atoms with E-state index in [1.165, 1.54) is 0 Å². The van der Waals surface area contributed by atoms with Crippen LogP contribution in [-0.4, -0.2) is 23.4 Å². The predicted molar refractivity (Wildman–Crippen MR) is 44.3 cm³/mol. The molecule has 1 radical (unpaired) electrons. The van der Waals surface area contributed by atoms with Gasteiger partial charge < -0.3 is 18.7 Å². The SMILES string of the molecule is [CH2-]CN(C(C)=O)C([CH2-])CC.[HH].[Y]. The van der Waals surface area contributed by atoms with Crippen molar-refractivity contribution in [1.29, 1.82) is 0 Å². The molecule has 1 unspecified atom stereocenters. The summed E-state index contributed by atoms with van der Waals surface area (Å²) in [6, 6.07) is 0.0787. The quantitative estimate of drug-likeness (QED) is 0.675. The molecule has 0 aliphatic rings. The number of carbonyl (C=O) groups excluding carboxylic acids is 1. The zero-order valence-electron chi connectivity index (χ0n) is 7.34. The van der Waals surface area contributed by atoms with Crippen molar-refractivity contribution in [3.8, 4) is 0 Å². The van der Waals surface area contributed by atoms with E-state index in [0.717, 1.165) is 6.42 Å². The van der Waals surface area contributed by atoms with Gasteiger partial charge in [-0.2, -0.15) is 0 Å². The normalized spacial score (nSPS) is 11.6. The van der Waals surface area contributed by atoms with E-state index in [0.29, 0.717) is 6.54 Å². The number of carbonyl (C=O) groups is 1.